The SMILES string of the molecule is Cc1ccc(OCCCCn2c(C)nc3ccccc32)cc1.[Cl-]. The summed E-state index contributed by atoms with van der Waals surface area (Å²) in [5.41, 5.74) is 3.56. The fourth-order valence-corrected chi connectivity index (χ4v) is 2.67. The fourth-order valence-electron chi connectivity index (χ4n) is 2.67. The summed E-state index contributed by atoms with van der Waals surface area (Å²) in [6, 6.07) is 16.5. The van der Waals surface area contributed by atoms with Crippen molar-refractivity contribution in [1.29, 1.82) is 0 Å². The standard InChI is InChI=1S/C19H22N2O.ClH/c1-15-9-11-17(12-10-15)22-14-6-5-13-21-16(2)20-18-7-3-4-8-19(18)21;/h3-4,7-12H,5-6,13-14H2,1-2H3;1H/p-1. The van der Waals surface area contributed by atoms with Gasteiger partial charge < -0.3 is 21.7 Å². The maximum Gasteiger partial charge on any atom is 0.119 e. The van der Waals surface area contributed by atoms with Crippen LogP contribution in [0.25, 0.3) is 11.0 Å². The maximum atomic E-state index is 5.77. The van der Waals surface area contributed by atoms with E-state index in [0.29, 0.717) is 0 Å². The number of hydrogen-bond donors (Lipinski definition) is 0. The Balaban J connectivity index is 0.00000192. The van der Waals surface area contributed by atoms with Crippen LogP contribution in [0.3, 0.4) is 0 Å². The van der Waals surface area contributed by atoms with Gasteiger partial charge >= 0.3 is 0 Å². The number of benzene rings is 2. The van der Waals surface area contributed by atoms with Crippen molar-refractivity contribution < 1.29 is 17.1 Å². The molecular weight excluding hydrogens is 308 g/mol. The van der Waals surface area contributed by atoms with Crippen molar-refractivity contribution in [2.75, 3.05) is 6.61 Å². The average molecular weight is 330 g/mol. The van der Waals surface area contributed by atoms with Crippen LogP contribution < -0.4 is 17.1 Å². The molecule has 0 N–H and O–H groups in total. The van der Waals surface area contributed by atoms with E-state index >= 15 is 0 Å². The second kappa shape index (κ2) is 8.02. The number of hydrogen-bond acceptors (Lipinski definition) is 2. The normalized spacial score (nSPS) is 10.5. The van der Waals surface area contributed by atoms with Gasteiger partial charge in [0.2, 0.25) is 0 Å². The van der Waals surface area contributed by atoms with Crippen LogP contribution in [-0.4, -0.2) is 16.2 Å². The van der Waals surface area contributed by atoms with E-state index in [0.717, 1.165) is 43.1 Å². The van der Waals surface area contributed by atoms with E-state index in [1.807, 2.05) is 18.2 Å². The van der Waals surface area contributed by atoms with E-state index in [-0.39, 0.29) is 12.4 Å². The summed E-state index contributed by atoms with van der Waals surface area (Å²) in [6.45, 7) is 5.91. The smallest absolute Gasteiger partial charge is 0.119 e. The van der Waals surface area contributed by atoms with Gasteiger partial charge in [-0.15, -0.1) is 0 Å². The number of para-hydroxylation sites is 2. The van der Waals surface area contributed by atoms with E-state index in [2.05, 4.69) is 53.7 Å². The highest BCUT2D eigenvalue weighted by atomic mass is 35.5. The lowest BCUT2D eigenvalue weighted by molar-refractivity contribution is -0.00000519. The number of unbranched alkanes of at least 4 members (excludes halogenated alkanes) is 1. The highest BCUT2D eigenvalue weighted by Gasteiger charge is 2.05. The van der Waals surface area contributed by atoms with Crippen molar-refractivity contribution in [3.05, 3.63) is 59.9 Å². The number of ether oxygens (including phenoxy) is 1. The molecule has 1 heterocycles. The third-order valence-electron chi connectivity index (χ3n) is 3.91. The summed E-state index contributed by atoms with van der Waals surface area (Å²) in [5.74, 6) is 2.04. The molecule has 3 nitrogen and oxygen atoms in total. The van der Waals surface area contributed by atoms with Crippen LogP contribution in [0.1, 0.15) is 24.2 Å². The van der Waals surface area contributed by atoms with Gasteiger partial charge in [-0.05, 0) is 51.0 Å². The van der Waals surface area contributed by atoms with Gasteiger partial charge in [0, 0.05) is 6.54 Å². The first-order valence-electron chi connectivity index (χ1n) is 7.85. The Bertz CT molecular complexity index is 750. The first kappa shape index (κ1) is 17.4. The minimum absolute atomic E-state index is 0. The number of nitrogens with zero attached hydrogens (tertiary/aromatic N) is 2. The molecule has 23 heavy (non-hydrogen) atoms. The summed E-state index contributed by atoms with van der Waals surface area (Å²) in [7, 11) is 0. The van der Waals surface area contributed by atoms with Crippen LogP contribution in [0.4, 0.5) is 0 Å². The number of aromatic nitrogens is 2. The number of imidazole rings is 1. The van der Waals surface area contributed by atoms with Crippen LogP contribution in [0.15, 0.2) is 48.5 Å². The van der Waals surface area contributed by atoms with Gasteiger partial charge in [0.25, 0.3) is 0 Å². The molecule has 0 radical (unpaired) electrons. The molecule has 0 saturated carbocycles. The highest BCUT2D eigenvalue weighted by Crippen LogP contribution is 2.16. The molecule has 3 rings (SSSR count). The van der Waals surface area contributed by atoms with Crippen molar-refractivity contribution in [3.8, 4) is 5.75 Å². The Hall–Kier alpha value is -2.00. The predicted molar refractivity (Wildman–Crippen MR) is 90.4 cm³/mol. The van der Waals surface area contributed by atoms with Crippen molar-refractivity contribution in [1.82, 2.24) is 9.55 Å². The Morgan fingerprint density at radius 3 is 2.48 bits per heavy atom. The molecule has 0 fully saturated rings. The molecule has 0 aliphatic heterocycles. The largest absolute Gasteiger partial charge is 1.00 e. The maximum absolute atomic E-state index is 5.77. The van der Waals surface area contributed by atoms with Crippen molar-refractivity contribution in [3.63, 3.8) is 0 Å². The topological polar surface area (TPSA) is 27.1 Å². The molecule has 0 amide bonds. The zero-order valence-electron chi connectivity index (χ0n) is 13.6. The predicted octanol–water partition coefficient (Wildman–Crippen LogP) is 1.52. The van der Waals surface area contributed by atoms with E-state index in [1.54, 1.807) is 0 Å². The van der Waals surface area contributed by atoms with E-state index in [4.69, 9.17) is 4.74 Å². The Kier molecular flexibility index (Phi) is 6.05. The Morgan fingerprint density at radius 2 is 1.70 bits per heavy atom. The number of fused-ring (bicyclic) bond motifs is 1. The summed E-state index contributed by atoms with van der Waals surface area (Å²) < 4.78 is 8.07. The molecule has 122 valence electrons. The molecule has 0 bridgehead atoms. The minimum atomic E-state index is 0. The molecule has 1 aromatic heterocycles. The van der Waals surface area contributed by atoms with Gasteiger partial charge in [-0.25, -0.2) is 4.98 Å². The average Bonchev–Trinajstić information content (AvgIpc) is 2.85. The summed E-state index contributed by atoms with van der Waals surface area (Å²) in [4.78, 5) is 4.60. The molecule has 0 saturated heterocycles. The molecule has 0 atom stereocenters. The lowest BCUT2D eigenvalue weighted by Gasteiger charge is -2.08. The Morgan fingerprint density at radius 1 is 0.957 bits per heavy atom. The van der Waals surface area contributed by atoms with E-state index < -0.39 is 0 Å². The molecule has 3 aromatic rings. The third-order valence-corrected chi connectivity index (χ3v) is 3.91. The quantitative estimate of drug-likeness (QED) is 0.641. The summed E-state index contributed by atoms with van der Waals surface area (Å²) >= 11 is 0. The molecule has 0 spiro atoms. The molecular formula is C19H22ClN2O-. The highest BCUT2D eigenvalue weighted by molar-refractivity contribution is 5.75. The van der Waals surface area contributed by atoms with Gasteiger partial charge in [-0.2, -0.15) is 0 Å². The van der Waals surface area contributed by atoms with Crippen molar-refractivity contribution >= 4 is 11.0 Å². The molecule has 0 aliphatic rings. The lowest BCUT2D eigenvalue weighted by Crippen LogP contribution is -3.00. The van der Waals surface area contributed by atoms with Crippen LogP contribution >= 0.6 is 0 Å². The van der Waals surface area contributed by atoms with Gasteiger partial charge in [0.15, 0.2) is 0 Å². The number of aryl methyl sites for hydroxylation is 3. The summed E-state index contributed by atoms with van der Waals surface area (Å²) in [5, 5.41) is 0. The fraction of sp³-hybridized carbons (Fsp3) is 0.316. The molecule has 0 unspecified atom stereocenters. The van der Waals surface area contributed by atoms with Gasteiger partial charge in [0.1, 0.15) is 11.6 Å². The van der Waals surface area contributed by atoms with Gasteiger partial charge in [-0.3, -0.25) is 0 Å². The number of rotatable bonds is 6. The van der Waals surface area contributed by atoms with Crippen molar-refractivity contribution in [2.24, 2.45) is 0 Å². The Labute approximate surface area is 143 Å². The molecule has 0 aliphatic carbocycles. The van der Waals surface area contributed by atoms with Crippen molar-refractivity contribution in [2.45, 2.75) is 33.2 Å². The summed E-state index contributed by atoms with van der Waals surface area (Å²) in [6.07, 6.45) is 2.13. The monoisotopic (exact) mass is 329 g/mol. The van der Waals surface area contributed by atoms with Crippen LogP contribution in [0.2, 0.25) is 0 Å². The lowest BCUT2D eigenvalue weighted by atomic mass is 10.2. The second-order valence-corrected chi connectivity index (χ2v) is 5.67. The molecule has 4 heteroatoms. The van der Waals surface area contributed by atoms with E-state index in [9.17, 15) is 0 Å². The number of halogens is 1. The van der Waals surface area contributed by atoms with Gasteiger partial charge in [0.05, 0.1) is 17.6 Å². The van der Waals surface area contributed by atoms with Gasteiger partial charge in [-0.1, -0.05) is 29.8 Å². The van der Waals surface area contributed by atoms with Crippen LogP contribution in [0.5, 0.6) is 5.75 Å². The second-order valence-electron chi connectivity index (χ2n) is 5.67. The molecule has 2 aromatic carbocycles. The zero-order valence-corrected chi connectivity index (χ0v) is 14.4. The van der Waals surface area contributed by atoms with Crippen LogP contribution in [0, 0.1) is 13.8 Å². The zero-order chi connectivity index (χ0) is 15.4. The van der Waals surface area contributed by atoms with E-state index in [1.165, 1.54) is 11.1 Å². The first-order valence-corrected chi connectivity index (χ1v) is 7.85. The minimum Gasteiger partial charge on any atom is -1.00 e. The van der Waals surface area contributed by atoms with Crippen LogP contribution in [-0.2, 0) is 6.54 Å². The first-order chi connectivity index (χ1) is 10.7. The third kappa shape index (κ3) is 4.26.